The van der Waals surface area contributed by atoms with Gasteiger partial charge >= 0.3 is 5.69 Å². The van der Waals surface area contributed by atoms with E-state index >= 15 is 0 Å². The van der Waals surface area contributed by atoms with Crippen LogP contribution in [0, 0.1) is 10.1 Å². The Morgan fingerprint density at radius 3 is 3.00 bits per heavy atom. The molecule has 1 aromatic heterocycles. The Bertz CT molecular complexity index is 565. The summed E-state index contributed by atoms with van der Waals surface area (Å²) in [5.41, 5.74) is 3.29. The third kappa shape index (κ3) is 1.95. The van der Waals surface area contributed by atoms with Gasteiger partial charge in [0.2, 0.25) is 5.69 Å². The zero-order valence-electron chi connectivity index (χ0n) is 12.9. The molecule has 2 N–H and O–H groups in total. The number of nitro groups is 1. The van der Waals surface area contributed by atoms with Gasteiger partial charge in [-0.3, -0.25) is 19.6 Å². The summed E-state index contributed by atoms with van der Waals surface area (Å²) in [7, 11) is 1.22. The average molecular weight is 217 g/mol. The molecule has 0 radical (unpaired) electrons. The van der Waals surface area contributed by atoms with E-state index in [2.05, 4.69) is 5.10 Å². The first-order chi connectivity index (χ1) is 8.88. The standard InChI is InChI=1S/C8H12N4O3/c1-3-4-5-6(12(14)15)7(8(9)13)11(2)10-5/h3-4H2,1-2H3,(H2,9,13)/i1D3,3D2. The monoisotopic (exact) mass is 217 g/mol. The third-order valence-corrected chi connectivity index (χ3v) is 1.76. The number of primary amides is 1. The summed E-state index contributed by atoms with van der Waals surface area (Å²) in [5.74, 6) is -1.10. The zero-order chi connectivity index (χ0) is 15.9. The van der Waals surface area contributed by atoms with Gasteiger partial charge in [0.05, 0.1) is 4.92 Å². The maximum Gasteiger partial charge on any atom is 0.323 e. The first-order valence-electron chi connectivity index (χ1n) is 6.38. The van der Waals surface area contributed by atoms with E-state index < -0.39 is 47.6 Å². The van der Waals surface area contributed by atoms with Crippen molar-refractivity contribution in [3.63, 3.8) is 0 Å². The minimum atomic E-state index is -2.98. The van der Waals surface area contributed by atoms with Crippen molar-refractivity contribution in [3.05, 3.63) is 21.5 Å². The van der Waals surface area contributed by atoms with Gasteiger partial charge in [-0.2, -0.15) is 5.10 Å². The third-order valence-electron chi connectivity index (χ3n) is 1.76. The fourth-order valence-corrected chi connectivity index (χ4v) is 1.24. The average Bonchev–Trinajstić information content (AvgIpc) is 2.52. The summed E-state index contributed by atoms with van der Waals surface area (Å²) in [6, 6.07) is 0. The van der Waals surface area contributed by atoms with Gasteiger partial charge in [-0.1, -0.05) is 13.2 Å². The Kier molecular flexibility index (Phi) is 1.59. The van der Waals surface area contributed by atoms with Gasteiger partial charge in [0.25, 0.3) is 5.91 Å². The van der Waals surface area contributed by atoms with Crippen LogP contribution in [0.5, 0.6) is 0 Å². The highest BCUT2D eigenvalue weighted by Crippen LogP contribution is 2.23. The normalized spacial score (nSPS) is 17.0. The molecule has 7 heteroatoms. The highest BCUT2D eigenvalue weighted by atomic mass is 16.6. The molecule has 0 atom stereocenters. The van der Waals surface area contributed by atoms with Crippen molar-refractivity contribution >= 4 is 11.6 Å². The van der Waals surface area contributed by atoms with Gasteiger partial charge in [0, 0.05) is 13.9 Å². The topological polar surface area (TPSA) is 104 Å². The lowest BCUT2D eigenvalue weighted by atomic mass is 10.2. The molecule has 0 saturated heterocycles. The van der Waals surface area contributed by atoms with Crippen LogP contribution >= 0.6 is 0 Å². The maximum absolute atomic E-state index is 11.2. The summed E-state index contributed by atoms with van der Waals surface area (Å²) in [4.78, 5) is 21.2. The highest BCUT2D eigenvalue weighted by Gasteiger charge is 2.29. The molecule has 0 saturated carbocycles. The lowest BCUT2D eigenvalue weighted by Crippen LogP contribution is -2.17. The van der Waals surface area contributed by atoms with Crippen LogP contribution < -0.4 is 5.73 Å². The fraction of sp³-hybridized carbons (Fsp3) is 0.500. The number of nitrogens with two attached hydrogens (primary N) is 1. The Labute approximate surface area is 93.0 Å². The number of amides is 1. The van der Waals surface area contributed by atoms with Crippen molar-refractivity contribution in [2.24, 2.45) is 12.8 Å². The minimum absolute atomic E-state index is 0.438. The summed E-state index contributed by atoms with van der Waals surface area (Å²) in [6.45, 7) is -2.98. The van der Waals surface area contributed by atoms with Crippen molar-refractivity contribution in [3.8, 4) is 0 Å². The van der Waals surface area contributed by atoms with E-state index in [4.69, 9.17) is 12.6 Å². The Hall–Kier alpha value is -1.92. The number of aromatic nitrogens is 2. The van der Waals surface area contributed by atoms with E-state index in [0.717, 1.165) is 4.68 Å². The van der Waals surface area contributed by atoms with E-state index in [-0.39, 0.29) is 0 Å². The number of hydrogen-bond acceptors (Lipinski definition) is 4. The second-order valence-electron chi connectivity index (χ2n) is 2.74. The lowest BCUT2D eigenvalue weighted by Gasteiger charge is -1.94. The van der Waals surface area contributed by atoms with Gasteiger partial charge < -0.3 is 5.73 Å². The second-order valence-corrected chi connectivity index (χ2v) is 2.74. The van der Waals surface area contributed by atoms with Gasteiger partial charge in [0.1, 0.15) is 5.69 Å². The van der Waals surface area contributed by atoms with Crippen LogP contribution in [0.1, 0.15) is 36.3 Å². The molecule has 0 spiro atoms. The molecule has 15 heavy (non-hydrogen) atoms. The summed E-state index contributed by atoms with van der Waals surface area (Å²) >= 11 is 0. The molecule has 1 heterocycles. The SMILES string of the molecule is [2H]C([2H])([2H])C([2H])([2H])Cc1nn(C)c(C(N)=O)c1[N+](=O)[O-]. The molecular formula is C8H12N4O3. The second kappa shape index (κ2) is 4.07. The summed E-state index contributed by atoms with van der Waals surface area (Å²) in [6.07, 6.45) is -3.55. The van der Waals surface area contributed by atoms with Crippen molar-refractivity contribution in [2.45, 2.75) is 19.6 Å². The lowest BCUT2D eigenvalue weighted by molar-refractivity contribution is -0.385. The number of nitrogens with zero attached hydrogens (tertiary/aromatic N) is 3. The van der Waals surface area contributed by atoms with Crippen LogP contribution in [0.4, 0.5) is 5.69 Å². The fourth-order valence-electron chi connectivity index (χ4n) is 1.24. The van der Waals surface area contributed by atoms with E-state index in [1.807, 2.05) is 0 Å². The van der Waals surface area contributed by atoms with Crippen LogP contribution in [0.15, 0.2) is 0 Å². The van der Waals surface area contributed by atoms with Gasteiger partial charge in [-0.25, -0.2) is 0 Å². The molecule has 1 amide bonds. The smallest absolute Gasteiger partial charge is 0.323 e. The number of carbonyl (C=O) groups is 1. The number of carbonyl (C=O) groups excluding carboxylic acids is 1. The van der Waals surface area contributed by atoms with Crippen molar-refractivity contribution in [1.29, 1.82) is 0 Å². The molecule has 0 unspecified atom stereocenters. The Balaban J connectivity index is 3.38. The first kappa shape index (κ1) is 5.84. The number of rotatable bonds is 4. The first-order valence-corrected chi connectivity index (χ1v) is 3.88. The van der Waals surface area contributed by atoms with Gasteiger partial charge in [-0.05, 0) is 6.42 Å². The van der Waals surface area contributed by atoms with Crippen molar-refractivity contribution in [1.82, 2.24) is 9.78 Å². The van der Waals surface area contributed by atoms with Crippen LogP contribution in [0.2, 0.25) is 0 Å². The van der Waals surface area contributed by atoms with E-state index in [9.17, 15) is 14.9 Å². The van der Waals surface area contributed by atoms with Crippen molar-refractivity contribution in [2.75, 3.05) is 0 Å². The van der Waals surface area contributed by atoms with E-state index in [0.29, 0.717) is 0 Å². The number of hydrogen-bond donors (Lipinski definition) is 1. The molecule has 1 rings (SSSR count). The molecule has 0 fully saturated rings. The predicted octanol–water partition coefficient (Wildman–Crippen LogP) is 0.380. The molecule has 0 bridgehead atoms. The maximum atomic E-state index is 11.2. The Morgan fingerprint density at radius 1 is 1.87 bits per heavy atom. The van der Waals surface area contributed by atoms with Gasteiger partial charge in [-0.15, -0.1) is 0 Å². The van der Waals surface area contributed by atoms with Crippen LogP contribution in [-0.4, -0.2) is 20.6 Å². The van der Waals surface area contributed by atoms with Crippen molar-refractivity contribution < 1.29 is 16.6 Å². The Morgan fingerprint density at radius 2 is 2.53 bits per heavy atom. The largest absolute Gasteiger partial charge is 0.364 e. The summed E-state index contributed by atoms with van der Waals surface area (Å²) in [5, 5.41) is 14.6. The highest BCUT2D eigenvalue weighted by molar-refractivity contribution is 5.95. The molecule has 82 valence electrons. The van der Waals surface area contributed by atoms with Crippen LogP contribution in [0.25, 0.3) is 0 Å². The molecule has 0 aliphatic heterocycles. The van der Waals surface area contributed by atoms with E-state index in [1.54, 1.807) is 0 Å². The summed E-state index contributed by atoms with van der Waals surface area (Å²) < 4.78 is 37.0. The molecule has 0 aromatic carbocycles. The van der Waals surface area contributed by atoms with Crippen LogP contribution in [0.3, 0.4) is 0 Å². The van der Waals surface area contributed by atoms with E-state index in [1.165, 1.54) is 7.05 Å². The minimum Gasteiger partial charge on any atom is -0.364 e. The molecular weight excluding hydrogens is 200 g/mol. The predicted molar refractivity (Wildman–Crippen MR) is 52.4 cm³/mol. The number of aryl methyl sites for hydroxylation is 2. The quantitative estimate of drug-likeness (QED) is 0.581. The van der Waals surface area contributed by atoms with Crippen LogP contribution in [-0.2, 0) is 13.5 Å². The molecule has 1 aromatic rings. The molecule has 7 nitrogen and oxygen atoms in total. The van der Waals surface area contributed by atoms with Gasteiger partial charge in [0.15, 0.2) is 0 Å². The molecule has 0 aliphatic rings. The molecule has 0 aliphatic carbocycles. The zero-order valence-corrected chi connectivity index (χ0v) is 7.85.